The zero-order valence-corrected chi connectivity index (χ0v) is 7.05. The minimum absolute atomic E-state index is 0.274. The number of carbonyl (C=O) groups is 1. The largest absolute Gasteiger partial charge is 0.381 e. The zero-order valence-electron chi connectivity index (χ0n) is 7.05. The highest BCUT2D eigenvalue weighted by molar-refractivity contribution is 5.83. The van der Waals surface area contributed by atoms with Crippen LogP contribution in [0.1, 0.15) is 26.7 Å². The van der Waals surface area contributed by atoms with Gasteiger partial charge in [0.15, 0.2) is 0 Å². The first-order valence-electron chi connectivity index (χ1n) is 4.01. The first kappa shape index (κ1) is 8.53. The van der Waals surface area contributed by atoms with Crippen molar-refractivity contribution in [2.75, 3.05) is 6.54 Å². The van der Waals surface area contributed by atoms with Crippen LogP contribution in [0.4, 0.5) is 0 Å². The smallest absolute Gasteiger partial charge is 0.251 e. The second-order valence-electron chi connectivity index (χ2n) is 3.71. The van der Waals surface area contributed by atoms with Crippen molar-refractivity contribution in [2.45, 2.75) is 32.3 Å². The fraction of sp³-hybridized carbons (Fsp3) is 0.875. The first-order valence-corrected chi connectivity index (χ1v) is 4.01. The molecule has 0 aliphatic heterocycles. The van der Waals surface area contributed by atoms with E-state index >= 15 is 0 Å². The fourth-order valence-electron chi connectivity index (χ4n) is 0.775. The number of hydrogen-bond donors (Lipinski definition) is 2. The third kappa shape index (κ3) is 2.89. The van der Waals surface area contributed by atoms with Crippen molar-refractivity contribution in [3.8, 4) is 0 Å². The molecular formula is C8H15NO2. The van der Waals surface area contributed by atoms with Crippen molar-refractivity contribution < 1.29 is 9.90 Å². The third-order valence-corrected chi connectivity index (χ3v) is 1.80. The van der Waals surface area contributed by atoms with Crippen LogP contribution in [0.5, 0.6) is 0 Å². The van der Waals surface area contributed by atoms with Crippen molar-refractivity contribution in [3.63, 3.8) is 0 Å². The highest BCUT2D eigenvalue weighted by Crippen LogP contribution is 2.27. The van der Waals surface area contributed by atoms with Crippen LogP contribution in [-0.4, -0.2) is 23.2 Å². The van der Waals surface area contributed by atoms with E-state index in [1.165, 1.54) is 26.7 Å². The van der Waals surface area contributed by atoms with Gasteiger partial charge in [-0.2, -0.15) is 0 Å². The van der Waals surface area contributed by atoms with Crippen molar-refractivity contribution in [1.82, 2.24) is 5.32 Å². The van der Waals surface area contributed by atoms with Crippen LogP contribution in [-0.2, 0) is 4.79 Å². The van der Waals surface area contributed by atoms with Gasteiger partial charge >= 0.3 is 0 Å². The highest BCUT2D eigenvalue weighted by Gasteiger charge is 2.27. The summed E-state index contributed by atoms with van der Waals surface area (Å²) in [4.78, 5) is 11.0. The predicted octanol–water partition coefficient (Wildman–Crippen LogP) is 0.283. The van der Waals surface area contributed by atoms with Gasteiger partial charge in [-0.1, -0.05) is 0 Å². The van der Waals surface area contributed by atoms with Crippen LogP contribution in [0.15, 0.2) is 0 Å². The summed E-state index contributed by atoms with van der Waals surface area (Å²) in [6.45, 7) is 3.72. The van der Waals surface area contributed by atoms with Crippen LogP contribution in [0, 0.1) is 5.92 Å². The molecule has 1 aliphatic rings. The molecule has 0 bridgehead atoms. The quantitative estimate of drug-likeness (QED) is 0.618. The van der Waals surface area contributed by atoms with Crippen LogP contribution >= 0.6 is 0 Å². The monoisotopic (exact) mass is 157 g/mol. The zero-order chi connectivity index (χ0) is 8.48. The molecule has 1 saturated carbocycles. The number of carbonyl (C=O) groups excluding carboxylic acids is 1. The molecule has 3 heteroatoms. The van der Waals surface area contributed by atoms with Crippen LogP contribution < -0.4 is 5.32 Å². The van der Waals surface area contributed by atoms with Gasteiger partial charge < -0.3 is 10.4 Å². The molecule has 0 atom stereocenters. The normalized spacial score (nSPS) is 18.1. The van der Waals surface area contributed by atoms with Crippen molar-refractivity contribution in [2.24, 2.45) is 5.92 Å². The molecule has 0 radical (unpaired) electrons. The molecular weight excluding hydrogens is 142 g/mol. The highest BCUT2D eigenvalue weighted by atomic mass is 16.3. The number of aliphatic hydroxyl groups is 1. The Bertz CT molecular complexity index is 156. The molecule has 1 aliphatic carbocycles. The lowest BCUT2D eigenvalue weighted by Gasteiger charge is -2.16. The van der Waals surface area contributed by atoms with Gasteiger partial charge in [0.2, 0.25) is 0 Å². The van der Waals surface area contributed by atoms with E-state index in [0.29, 0.717) is 5.92 Å². The Hall–Kier alpha value is -0.570. The van der Waals surface area contributed by atoms with E-state index in [0.717, 1.165) is 6.54 Å². The van der Waals surface area contributed by atoms with Gasteiger partial charge in [0.25, 0.3) is 5.91 Å². The molecule has 0 aromatic rings. The molecule has 0 heterocycles. The summed E-state index contributed by atoms with van der Waals surface area (Å²) in [5.74, 6) is 0.394. The summed E-state index contributed by atoms with van der Waals surface area (Å²) in [6.07, 6.45) is 2.43. The molecule has 3 nitrogen and oxygen atoms in total. The molecule has 0 spiro atoms. The Morgan fingerprint density at radius 3 is 2.55 bits per heavy atom. The van der Waals surface area contributed by atoms with E-state index in [1.807, 2.05) is 0 Å². The number of nitrogens with one attached hydrogen (secondary N) is 1. The summed E-state index contributed by atoms with van der Waals surface area (Å²) in [5.41, 5.74) is -1.23. The Balaban J connectivity index is 2.19. The molecule has 1 fully saturated rings. The van der Waals surface area contributed by atoms with Gasteiger partial charge in [-0.15, -0.1) is 0 Å². The summed E-state index contributed by atoms with van der Waals surface area (Å²) < 4.78 is 0. The average Bonchev–Trinajstić information content (AvgIpc) is 2.62. The van der Waals surface area contributed by atoms with E-state index in [1.54, 1.807) is 0 Å². The standard InChI is InChI=1S/C8H15NO2/c1-8(2,11)7(10)9-5-6-3-4-6/h6,11H,3-5H2,1-2H3,(H,9,10). The van der Waals surface area contributed by atoms with E-state index in [4.69, 9.17) is 0 Å². The number of rotatable bonds is 3. The first-order chi connectivity index (χ1) is 5.00. The van der Waals surface area contributed by atoms with Gasteiger partial charge in [0, 0.05) is 6.54 Å². The second-order valence-corrected chi connectivity index (χ2v) is 3.71. The second kappa shape index (κ2) is 2.81. The molecule has 0 saturated heterocycles. The molecule has 2 N–H and O–H groups in total. The SMILES string of the molecule is CC(C)(O)C(=O)NCC1CC1. The molecule has 1 amide bonds. The minimum Gasteiger partial charge on any atom is -0.381 e. The van der Waals surface area contributed by atoms with Crippen molar-refractivity contribution >= 4 is 5.91 Å². The molecule has 0 aromatic carbocycles. The Morgan fingerprint density at radius 2 is 2.18 bits per heavy atom. The van der Waals surface area contributed by atoms with Gasteiger partial charge in [-0.3, -0.25) is 4.79 Å². The Labute approximate surface area is 66.8 Å². The number of hydrogen-bond acceptors (Lipinski definition) is 2. The lowest BCUT2D eigenvalue weighted by atomic mass is 10.1. The maximum Gasteiger partial charge on any atom is 0.251 e. The van der Waals surface area contributed by atoms with Crippen LogP contribution in [0.25, 0.3) is 0 Å². The topological polar surface area (TPSA) is 49.3 Å². The van der Waals surface area contributed by atoms with Crippen LogP contribution in [0.2, 0.25) is 0 Å². The predicted molar refractivity (Wildman–Crippen MR) is 42.0 cm³/mol. The lowest BCUT2D eigenvalue weighted by molar-refractivity contribution is -0.136. The van der Waals surface area contributed by atoms with E-state index in [9.17, 15) is 9.90 Å². The fourth-order valence-corrected chi connectivity index (χ4v) is 0.775. The maximum absolute atomic E-state index is 11.0. The van der Waals surface area contributed by atoms with Gasteiger partial charge in [-0.05, 0) is 32.6 Å². The van der Waals surface area contributed by atoms with Gasteiger partial charge in [0.05, 0.1) is 0 Å². The van der Waals surface area contributed by atoms with Crippen molar-refractivity contribution in [1.29, 1.82) is 0 Å². The van der Waals surface area contributed by atoms with Crippen LogP contribution in [0.3, 0.4) is 0 Å². The summed E-state index contributed by atoms with van der Waals surface area (Å²) in [6, 6.07) is 0. The maximum atomic E-state index is 11.0. The van der Waals surface area contributed by atoms with E-state index in [2.05, 4.69) is 5.32 Å². The van der Waals surface area contributed by atoms with E-state index < -0.39 is 5.60 Å². The van der Waals surface area contributed by atoms with Crippen molar-refractivity contribution in [3.05, 3.63) is 0 Å². The molecule has 0 aromatic heterocycles. The number of amides is 1. The molecule has 11 heavy (non-hydrogen) atoms. The average molecular weight is 157 g/mol. The summed E-state index contributed by atoms with van der Waals surface area (Å²) in [5, 5.41) is 11.9. The summed E-state index contributed by atoms with van der Waals surface area (Å²) >= 11 is 0. The minimum atomic E-state index is -1.23. The Kier molecular flexibility index (Phi) is 2.18. The Morgan fingerprint density at radius 1 is 1.64 bits per heavy atom. The molecule has 64 valence electrons. The summed E-state index contributed by atoms with van der Waals surface area (Å²) in [7, 11) is 0. The van der Waals surface area contributed by atoms with E-state index in [-0.39, 0.29) is 5.91 Å². The molecule has 0 unspecified atom stereocenters. The lowest BCUT2D eigenvalue weighted by Crippen LogP contribution is -2.42. The third-order valence-electron chi connectivity index (χ3n) is 1.80. The van der Waals surface area contributed by atoms with Gasteiger partial charge in [-0.25, -0.2) is 0 Å². The molecule has 1 rings (SSSR count). The van der Waals surface area contributed by atoms with Gasteiger partial charge in [0.1, 0.15) is 5.60 Å².